The van der Waals surface area contributed by atoms with Crippen molar-refractivity contribution in [3.63, 3.8) is 0 Å². The third-order valence-corrected chi connectivity index (χ3v) is 2.29. The smallest absolute Gasteiger partial charge is 0.251 e. The molecule has 1 N–H and O–H groups in total. The molecule has 1 aromatic rings. The molecule has 0 amide bonds. The number of nitrogens with one attached hydrogen (secondary N) is 1. The highest BCUT2D eigenvalue weighted by Crippen LogP contribution is 2.08. The van der Waals surface area contributed by atoms with Gasteiger partial charge in [0.15, 0.2) is 5.16 Å². The first-order valence-corrected chi connectivity index (χ1v) is 5.00. The van der Waals surface area contributed by atoms with E-state index in [0.29, 0.717) is 5.16 Å². The molecule has 0 aliphatic carbocycles. The van der Waals surface area contributed by atoms with Gasteiger partial charge in [0, 0.05) is 24.6 Å². The third kappa shape index (κ3) is 4.10. The molecule has 1 rings (SSSR count). The van der Waals surface area contributed by atoms with Crippen molar-refractivity contribution >= 4 is 11.8 Å². The van der Waals surface area contributed by atoms with Crippen molar-refractivity contribution in [2.24, 2.45) is 0 Å². The van der Waals surface area contributed by atoms with Gasteiger partial charge in [-0.25, -0.2) is 4.98 Å². The summed E-state index contributed by atoms with van der Waals surface area (Å²) in [5, 5.41) is 0.689. The molecular weight excluding hydrogens is 186 g/mol. The Balaban J connectivity index is 2.41. The average molecular weight is 199 g/mol. The van der Waals surface area contributed by atoms with Gasteiger partial charge in [0.25, 0.3) is 5.56 Å². The van der Waals surface area contributed by atoms with Crippen LogP contribution in [0.1, 0.15) is 0 Å². The van der Waals surface area contributed by atoms with Crippen LogP contribution in [0.4, 0.5) is 0 Å². The number of hydrogen-bond donors (Lipinski definition) is 1. The normalized spacial score (nSPS) is 10.7. The Morgan fingerprint density at radius 3 is 3.00 bits per heavy atom. The van der Waals surface area contributed by atoms with Gasteiger partial charge in [0.2, 0.25) is 0 Å². The van der Waals surface area contributed by atoms with E-state index in [9.17, 15) is 4.79 Å². The molecule has 0 saturated heterocycles. The van der Waals surface area contributed by atoms with Gasteiger partial charge >= 0.3 is 0 Å². The van der Waals surface area contributed by atoms with Crippen LogP contribution in [0, 0.1) is 0 Å². The van der Waals surface area contributed by atoms with E-state index >= 15 is 0 Å². The molecule has 0 saturated carbocycles. The topological polar surface area (TPSA) is 49.0 Å². The van der Waals surface area contributed by atoms with Gasteiger partial charge in [-0.1, -0.05) is 11.8 Å². The highest BCUT2D eigenvalue weighted by Gasteiger charge is 1.96. The summed E-state index contributed by atoms with van der Waals surface area (Å²) in [5.41, 5.74) is -0.0950. The number of rotatable bonds is 4. The number of nitrogens with zero attached hydrogens (tertiary/aromatic N) is 2. The van der Waals surface area contributed by atoms with E-state index in [1.54, 1.807) is 11.8 Å². The molecule has 1 aromatic heterocycles. The first-order chi connectivity index (χ1) is 6.18. The fraction of sp³-hybridized carbons (Fsp3) is 0.500. The predicted octanol–water partition coefficient (Wildman–Crippen LogP) is 0.424. The third-order valence-electron chi connectivity index (χ3n) is 1.43. The Morgan fingerprint density at radius 1 is 1.62 bits per heavy atom. The van der Waals surface area contributed by atoms with Crippen LogP contribution in [0.15, 0.2) is 22.2 Å². The van der Waals surface area contributed by atoms with Crippen molar-refractivity contribution in [3.8, 4) is 0 Å². The SMILES string of the molecule is CN(C)CCSc1nccc(=O)[nH]1. The van der Waals surface area contributed by atoms with Gasteiger partial charge in [-0.3, -0.25) is 4.79 Å². The number of H-pyrrole nitrogens is 1. The van der Waals surface area contributed by atoms with Crippen LogP contribution in [0.25, 0.3) is 0 Å². The molecule has 1 heterocycles. The minimum atomic E-state index is -0.0950. The molecule has 13 heavy (non-hydrogen) atoms. The highest BCUT2D eigenvalue weighted by molar-refractivity contribution is 7.99. The molecule has 4 nitrogen and oxygen atoms in total. The average Bonchev–Trinajstić information content (AvgIpc) is 2.03. The summed E-state index contributed by atoms with van der Waals surface area (Å²) < 4.78 is 0. The Labute approximate surface area is 81.4 Å². The second-order valence-corrected chi connectivity index (χ2v) is 3.97. The maximum atomic E-state index is 10.9. The van der Waals surface area contributed by atoms with Crippen LogP contribution < -0.4 is 5.56 Å². The summed E-state index contributed by atoms with van der Waals surface area (Å²) in [7, 11) is 4.03. The molecule has 0 aliphatic rings. The van der Waals surface area contributed by atoms with Crippen molar-refractivity contribution in [2.45, 2.75) is 5.16 Å². The van der Waals surface area contributed by atoms with Gasteiger partial charge in [0.05, 0.1) is 0 Å². The molecule has 0 aliphatic heterocycles. The Bertz CT molecular complexity index is 310. The molecule has 0 fully saturated rings. The highest BCUT2D eigenvalue weighted by atomic mass is 32.2. The molecule has 5 heteroatoms. The fourth-order valence-electron chi connectivity index (χ4n) is 0.750. The summed E-state index contributed by atoms with van der Waals surface area (Å²) >= 11 is 1.55. The van der Waals surface area contributed by atoms with E-state index < -0.39 is 0 Å². The summed E-state index contributed by atoms with van der Waals surface area (Å²) in [6.07, 6.45) is 1.52. The Morgan fingerprint density at radius 2 is 2.38 bits per heavy atom. The van der Waals surface area contributed by atoms with E-state index in [1.165, 1.54) is 12.3 Å². The first-order valence-electron chi connectivity index (χ1n) is 4.01. The van der Waals surface area contributed by atoms with Gasteiger partial charge < -0.3 is 9.88 Å². The van der Waals surface area contributed by atoms with Crippen LogP contribution in [-0.4, -0.2) is 41.3 Å². The number of thioether (sulfide) groups is 1. The second-order valence-electron chi connectivity index (χ2n) is 2.89. The molecular formula is C8H13N3OS. The zero-order valence-electron chi connectivity index (χ0n) is 7.78. The lowest BCUT2D eigenvalue weighted by molar-refractivity contribution is 0.437. The quantitative estimate of drug-likeness (QED) is 0.564. The van der Waals surface area contributed by atoms with Crippen molar-refractivity contribution in [1.82, 2.24) is 14.9 Å². The zero-order valence-corrected chi connectivity index (χ0v) is 8.60. The van der Waals surface area contributed by atoms with Crippen molar-refractivity contribution in [3.05, 3.63) is 22.6 Å². The van der Waals surface area contributed by atoms with Gasteiger partial charge in [0.1, 0.15) is 0 Å². The molecule has 0 atom stereocenters. The lowest BCUT2D eigenvalue weighted by atomic mass is 10.7. The molecule has 0 unspecified atom stereocenters. The van der Waals surface area contributed by atoms with Crippen LogP contribution in [-0.2, 0) is 0 Å². The minimum absolute atomic E-state index is 0.0950. The van der Waals surface area contributed by atoms with E-state index in [1.807, 2.05) is 14.1 Å². The van der Waals surface area contributed by atoms with Crippen molar-refractivity contribution < 1.29 is 0 Å². The zero-order chi connectivity index (χ0) is 9.68. The predicted molar refractivity (Wildman–Crippen MR) is 54.1 cm³/mol. The number of aromatic nitrogens is 2. The van der Waals surface area contributed by atoms with E-state index in [0.717, 1.165) is 12.3 Å². The van der Waals surface area contributed by atoms with E-state index in [2.05, 4.69) is 14.9 Å². The van der Waals surface area contributed by atoms with Gasteiger partial charge in [-0.2, -0.15) is 0 Å². The number of hydrogen-bond acceptors (Lipinski definition) is 4. The Hall–Kier alpha value is -0.810. The molecule has 0 aromatic carbocycles. The lowest BCUT2D eigenvalue weighted by Crippen LogP contribution is -2.15. The standard InChI is InChI=1S/C8H13N3OS/c1-11(2)5-6-13-8-9-4-3-7(12)10-8/h3-4H,5-6H2,1-2H3,(H,9,10,12). The molecule has 0 bridgehead atoms. The fourth-order valence-corrected chi connectivity index (χ4v) is 1.71. The molecule has 0 radical (unpaired) electrons. The minimum Gasteiger partial charge on any atom is -0.309 e. The second kappa shape index (κ2) is 5.04. The molecule has 72 valence electrons. The van der Waals surface area contributed by atoms with Crippen molar-refractivity contribution in [1.29, 1.82) is 0 Å². The van der Waals surface area contributed by atoms with E-state index in [4.69, 9.17) is 0 Å². The van der Waals surface area contributed by atoms with E-state index in [-0.39, 0.29) is 5.56 Å². The van der Waals surface area contributed by atoms with Crippen LogP contribution >= 0.6 is 11.8 Å². The summed E-state index contributed by atoms with van der Waals surface area (Å²) in [6.45, 7) is 0.975. The van der Waals surface area contributed by atoms with Crippen molar-refractivity contribution in [2.75, 3.05) is 26.4 Å². The van der Waals surface area contributed by atoms with Gasteiger partial charge in [-0.15, -0.1) is 0 Å². The van der Waals surface area contributed by atoms with Crippen LogP contribution in [0.5, 0.6) is 0 Å². The largest absolute Gasteiger partial charge is 0.309 e. The summed E-state index contributed by atoms with van der Waals surface area (Å²) in [6, 6.07) is 1.41. The lowest BCUT2D eigenvalue weighted by Gasteiger charge is -2.07. The monoisotopic (exact) mass is 199 g/mol. The Kier molecular flexibility index (Phi) is 3.98. The summed E-state index contributed by atoms with van der Waals surface area (Å²) in [4.78, 5) is 19.6. The van der Waals surface area contributed by atoms with Crippen LogP contribution in [0.3, 0.4) is 0 Å². The summed E-state index contributed by atoms with van der Waals surface area (Å²) in [5.74, 6) is 0.931. The van der Waals surface area contributed by atoms with Crippen LogP contribution in [0.2, 0.25) is 0 Å². The van der Waals surface area contributed by atoms with Gasteiger partial charge in [-0.05, 0) is 14.1 Å². The molecule has 0 spiro atoms. The first kappa shape index (κ1) is 10.3. The maximum Gasteiger partial charge on any atom is 0.251 e. The number of aromatic amines is 1. The maximum absolute atomic E-state index is 10.9.